The first-order chi connectivity index (χ1) is 4.84. The molecule has 1 fully saturated rings. The summed E-state index contributed by atoms with van der Waals surface area (Å²) in [6.07, 6.45) is -0.389. The van der Waals surface area contributed by atoms with Crippen molar-refractivity contribution in [1.29, 1.82) is 0 Å². The summed E-state index contributed by atoms with van der Waals surface area (Å²) in [5, 5.41) is 2.89. The molecule has 58 valence electrons. The van der Waals surface area contributed by atoms with Gasteiger partial charge < -0.3 is 9.47 Å². The number of rotatable bonds is 2. The van der Waals surface area contributed by atoms with Crippen molar-refractivity contribution < 1.29 is 14.3 Å². The van der Waals surface area contributed by atoms with E-state index in [0.717, 1.165) is 0 Å². The van der Waals surface area contributed by atoms with Crippen LogP contribution in [0.4, 0.5) is 0 Å². The van der Waals surface area contributed by atoms with Crippen molar-refractivity contribution in [2.24, 2.45) is 0 Å². The maximum Gasteiger partial charge on any atom is 0.336 e. The van der Waals surface area contributed by atoms with Gasteiger partial charge in [-0.25, -0.2) is 4.79 Å². The molecule has 0 amide bonds. The zero-order valence-corrected chi connectivity index (χ0v) is 5.92. The Morgan fingerprint density at radius 2 is 2.70 bits per heavy atom. The predicted molar refractivity (Wildman–Crippen MR) is 34.4 cm³/mol. The first kappa shape index (κ1) is 7.50. The van der Waals surface area contributed by atoms with Gasteiger partial charge in [0.15, 0.2) is 6.10 Å². The van der Waals surface area contributed by atoms with E-state index in [-0.39, 0.29) is 12.1 Å². The summed E-state index contributed by atoms with van der Waals surface area (Å²) in [5.74, 6) is -0.271. The van der Waals surface area contributed by atoms with Crippen LogP contribution in [0.5, 0.6) is 0 Å². The van der Waals surface area contributed by atoms with Crippen LogP contribution in [0.25, 0.3) is 0 Å². The van der Waals surface area contributed by atoms with Crippen molar-refractivity contribution in [1.82, 2.24) is 5.32 Å². The van der Waals surface area contributed by atoms with Crippen LogP contribution in [-0.2, 0) is 14.3 Å². The summed E-state index contributed by atoms with van der Waals surface area (Å²) in [4.78, 5) is 10.9. The number of esters is 1. The average Bonchev–Trinajstić information content (AvgIpc) is 2.38. The number of hydrogen-bond donors (Lipinski definition) is 1. The smallest absolute Gasteiger partial charge is 0.336 e. The fourth-order valence-corrected chi connectivity index (χ4v) is 0.795. The van der Waals surface area contributed by atoms with E-state index in [1.54, 1.807) is 6.92 Å². The van der Waals surface area contributed by atoms with Crippen LogP contribution < -0.4 is 5.32 Å². The third-order valence-electron chi connectivity index (χ3n) is 1.27. The van der Waals surface area contributed by atoms with Gasteiger partial charge in [-0.1, -0.05) is 0 Å². The molecular formula is C6H11NO3. The second kappa shape index (κ2) is 3.53. The lowest BCUT2D eigenvalue weighted by Gasteiger charge is -2.05. The summed E-state index contributed by atoms with van der Waals surface area (Å²) >= 11 is 0. The molecule has 0 aromatic carbocycles. The minimum atomic E-state index is -0.389. The Morgan fingerprint density at radius 3 is 3.20 bits per heavy atom. The number of hydrogen-bond acceptors (Lipinski definition) is 4. The summed E-state index contributed by atoms with van der Waals surface area (Å²) in [6.45, 7) is 3.21. The van der Waals surface area contributed by atoms with Gasteiger partial charge in [-0.05, 0) is 6.92 Å². The summed E-state index contributed by atoms with van der Waals surface area (Å²) in [6, 6.07) is 0. The van der Waals surface area contributed by atoms with Gasteiger partial charge in [0.1, 0.15) is 0 Å². The van der Waals surface area contributed by atoms with Crippen LogP contribution in [0.3, 0.4) is 0 Å². The first-order valence-electron chi connectivity index (χ1n) is 3.33. The highest BCUT2D eigenvalue weighted by Gasteiger charge is 2.23. The lowest BCUT2D eigenvalue weighted by atomic mass is 10.4. The Labute approximate surface area is 59.5 Å². The molecule has 0 saturated carbocycles. The molecular weight excluding hydrogens is 134 g/mol. The van der Waals surface area contributed by atoms with E-state index in [4.69, 9.17) is 9.47 Å². The van der Waals surface area contributed by atoms with Crippen LogP contribution in [0.1, 0.15) is 6.92 Å². The van der Waals surface area contributed by atoms with Gasteiger partial charge in [0.25, 0.3) is 0 Å². The van der Waals surface area contributed by atoms with Gasteiger partial charge in [0, 0.05) is 6.54 Å². The van der Waals surface area contributed by atoms with Gasteiger partial charge in [-0.3, -0.25) is 5.32 Å². The van der Waals surface area contributed by atoms with E-state index in [9.17, 15) is 4.79 Å². The normalized spacial score (nSPS) is 24.7. The third-order valence-corrected chi connectivity index (χ3v) is 1.27. The van der Waals surface area contributed by atoms with Gasteiger partial charge in [0.05, 0.1) is 13.3 Å². The molecule has 10 heavy (non-hydrogen) atoms. The molecule has 1 rings (SSSR count). The number of ether oxygens (including phenoxy) is 2. The first-order valence-corrected chi connectivity index (χ1v) is 3.33. The highest BCUT2D eigenvalue weighted by Crippen LogP contribution is 1.98. The van der Waals surface area contributed by atoms with E-state index in [2.05, 4.69) is 5.32 Å². The van der Waals surface area contributed by atoms with Gasteiger partial charge in [0.2, 0.25) is 0 Å². The zero-order valence-electron chi connectivity index (χ0n) is 5.92. The van der Waals surface area contributed by atoms with Crippen molar-refractivity contribution in [3.8, 4) is 0 Å². The predicted octanol–water partition coefficient (Wildman–Crippen LogP) is -0.505. The second-order valence-electron chi connectivity index (χ2n) is 2.01. The molecule has 1 saturated heterocycles. The third kappa shape index (κ3) is 1.68. The molecule has 1 atom stereocenters. The van der Waals surface area contributed by atoms with Gasteiger partial charge >= 0.3 is 5.97 Å². The number of nitrogens with one attached hydrogen (secondary N) is 1. The van der Waals surface area contributed by atoms with Crippen molar-refractivity contribution in [3.05, 3.63) is 0 Å². The highest BCUT2D eigenvalue weighted by molar-refractivity contribution is 5.75. The molecule has 0 aromatic heterocycles. The standard InChI is InChI=1S/C6H11NO3/c1-2-9-6(8)5-3-7-4-10-5/h5,7H,2-4H2,1H3. The molecule has 4 nitrogen and oxygen atoms in total. The molecule has 1 aliphatic rings. The molecule has 4 heteroatoms. The van der Waals surface area contributed by atoms with E-state index in [1.807, 2.05) is 0 Å². The Balaban J connectivity index is 2.25. The van der Waals surface area contributed by atoms with Crippen molar-refractivity contribution >= 4 is 5.97 Å². The number of carbonyl (C=O) groups is 1. The summed E-state index contributed by atoms with van der Waals surface area (Å²) in [7, 11) is 0. The molecule has 0 aromatic rings. The van der Waals surface area contributed by atoms with Crippen LogP contribution in [0, 0.1) is 0 Å². The molecule has 0 bridgehead atoms. The van der Waals surface area contributed by atoms with Gasteiger partial charge in [-0.15, -0.1) is 0 Å². The molecule has 1 aliphatic heterocycles. The van der Waals surface area contributed by atoms with Crippen LogP contribution in [0.15, 0.2) is 0 Å². The fourth-order valence-electron chi connectivity index (χ4n) is 0.795. The monoisotopic (exact) mass is 145 g/mol. The zero-order chi connectivity index (χ0) is 7.40. The Hall–Kier alpha value is -0.610. The molecule has 1 heterocycles. The van der Waals surface area contributed by atoms with Crippen LogP contribution in [0.2, 0.25) is 0 Å². The highest BCUT2D eigenvalue weighted by atomic mass is 16.6. The van der Waals surface area contributed by atoms with Crippen LogP contribution in [-0.4, -0.2) is 32.0 Å². The second-order valence-corrected chi connectivity index (χ2v) is 2.01. The Bertz CT molecular complexity index is 120. The minimum absolute atomic E-state index is 0.271. The van der Waals surface area contributed by atoms with E-state index >= 15 is 0 Å². The minimum Gasteiger partial charge on any atom is -0.464 e. The van der Waals surface area contributed by atoms with E-state index in [0.29, 0.717) is 19.9 Å². The molecule has 1 unspecified atom stereocenters. The van der Waals surface area contributed by atoms with Crippen molar-refractivity contribution in [2.45, 2.75) is 13.0 Å². The topological polar surface area (TPSA) is 47.6 Å². The largest absolute Gasteiger partial charge is 0.464 e. The summed E-state index contributed by atoms with van der Waals surface area (Å²) in [5.41, 5.74) is 0. The van der Waals surface area contributed by atoms with Crippen molar-refractivity contribution in [3.63, 3.8) is 0 Å². The van der Waals surface area contributed by atoms with Crippen LogP contribution >= 0.6 is 0 Å². The SMILES string of the molecule is CCOC(=O)C1CNCO1. The maximum atomic E-state index is 10.9. The maximum absolute atomic E-state index is 10.9. The van der Waals surface area contributed by atoms with Crippen molar-refractivity contribution in [2.75, 3.05) is 19.9 Å². The molecule has 0 spiro atoms. The molecule has 0 radical (unpaired) electrons. The lowest BCUT2D eigenvalue weighted by molar-refractivity contribution is -0.153. The molecule has 1 N–H and O–H groups in total. The quantitative estimate of drug-likeness (QED) is 0.532. The summed E-state index contributed by atoms with van der Waals surface area (Å²) < 4.78 is 9.70. The average molecular weight is 145 g/mol. The Morgan fingerprint density at radius 1 is 1.90 bits per heavy atom. The van der Waals surface area contributed by atoms with Gasteiger partial charge in [-0.2, -0.15) is 0 Å². The molecule has 0 aliphatic carbocycles. The fraction of sp³-hybridized carbons (Fsp3) is 0.833. The van der Waals surface area contributed by atoms with E-state index in [1.165, 1.54) is 0 Å². The van der Waals surface area contributed by atoms with E-state index < -0.39 is 0 Å². The Kier molecular flexibility index (Phi) is 2.65. The number of carbonyl (C=O) groups excluding carboxylic acids is 1. The lowest BCUT2D eigenvalue weighted by Crippen LogP contribution is -2.26.